The zero-order valence-corrected chi connectivity index (χ0v) is 8.18. The van der Waals surface area contributed by atoms with Gasteiger partial charge in [-0.05, 0) is 34.1 Å². The topological polar surface area (TPSA) is 38.9 Å². The van der Waals surface area contributed by atoms with E-state index >= 15 is 0 Å². The number of nitrogens with zero attached hydrogens (tertiary/aromatic N) is 1. The van der Waals surface area contributed by atoms with Crippen molar-refractivity contribution in [3.05, 3.63) is 34.6 Å². The van der Waals surface area contributed by atoms with Crippen LogP contribution in [0.1, 0.15) is 0 Å². The van der Waals surface area contributed by atoms with Crippen LogP contribution in [0.25, 0.3) is 10.9 Å². The highest BCUT2D eigenvalue weighted by atomic mass is 79.9. The molecule has 0 aliphatic heterocycles. The number of anilines is 1. The number of halogens is 2. The van der Waals surface area contributed by atoms with Crippen molar-refractivity contribution in [1.29, 1.82) is 0 Å². The first-order valence-electron chi connectivity index (χ1n) is 3.69. The van der Waals surface area contributed by atoms with Gasteiger partial charge in [0.05, 0.1) is 9.99 Å². The molecule has 2 rings (SSSR count). The van der Waals surface area contributed by atoms with E-state index in [9.17, 15) is 4.39 Å². The number of hydrogen-bond acceptors (Lipinski definition) is 2. The molecule has 0 saturated heterocycles. The minimum absolute atomic E-state index is 0.286. The maximum Gasteiger partial charge on any atom is 0.138 e. The van der Waals surface area contributed by atoms with E-state index < -0.39 is 0 Å². The number of aromatic nitrogens is 1. The van der Waals surface area contributed by atoms with Crippen molar-refractivity contribution in [3.63, 3.8) is 0 Å². The summed E-state index contributed by atoms with van der Waals surface area (Å²) in [5.74, 6) is 0.0869. The van der Waals surface area contributed by atoms with Crippen LogP contribution in [0.15, 0.2) is 28.7 Å². The van der Waals surface area contributed by atoms with Crippen molar-refractivity contribution in [2.75, 3.05) is 5.73 Å². The smallest absolute Gasteiger partial charge is 0.138 e. The monoisotopic (exact) mass is 240 g/mol. The lowest BCUT2D eigenvalue weighted by atomic mass is 10.2. The van der Waals surface area contributed by atoms with E-state index in [2.05, 4.69) is 20.9 Å². The lowest BCUT2D eigenvalue weighted by molar-refractivity contribution is 0.639. The van der Waals surface area contributed by atoms with E-state index in [0.29, 0.717) is 21.2 Å². The number of fused-ring (bicyclic) bond motifs is 1. The van der Waals surface area contributed by atoms with Gasteiger partial charge < -0.3 is 5.73 Å². The molecule has 13 heavy (non-hydrogen) atoms. The van der Waals surface area contributed by atoms with Gasteiger partial charge in [0.2, 0.25) is 0 Å². The lowest BCUT2D eigenvalue weighted by Crippen LogP contribution is -1.92. The second-order valence-corrected chi connectivity index (χ2v) is 3.52. The summed E-state index contributed by atoms with van der Waals surface area (Å²) in [7, 11) is 0. The highest BCUT2D eigenvalue weighted by molar-refractivity contribution is 9.10. The van der Waals surface area contributed by atoms with Crippen molar-refractivity contribution in [2.24, 2.45) is 0 Å². The fourth-order valence-electron chi connectivity index (χ4n) is 1.15. The van der Waals surface area contributed by atoms with Crippen molar-refractivity contribution in [1.82, 2.24) is 4.98 Å². The second kappa shape index (κ2) is 2.96. The summed E-state index contributed by atoms with van der Waals surface area (Å²) in [6.07, 6.45) is 0. The molecule has 0 amide bonds. The molecule has 2 N–H and O–H groups in total. The van der Waals surface area contributed by atoms with Gasteiger partial charge in [-0.15, -0.1) is 0 Å². The van der Waals surface area contributed by atoms with Crippen LogP contribution in [-0.4, -0.2) is 4.98 Å². The zero-order chi connectivity index (χ0) is 9.42. The van der Waals surface area contributed by atoms with Crippen molar-refractivity contribution >= 4 is 32.7 Å². The zero-order valence-electron chi connectivity index (χ0n) is 6.59. The van der Waals surface area contributed by atoms with E-state index in [0.717, 1.165) is 0 Å². The Bertz CT molecular complexity index is 470. The first kappa shape index (κ1) is 8.44. The SMILES string of the molecule is Nc1nc2cccc(F)c2cc1Br. The van der Waals surface area contributed by atoms with Crippen LogP contribution >= 0.6 is 15.9 Å². The van der Waals surface area contributed by atoms with Crippen LogP contribution in [0.3, 0.4) is 0 Å². The minimum Gasteiger partial charge on any atom is -0.383 e. The maximum atomic E-state index is 13.2. The predicted octanol–water partition coefficient (Wildman–Crippen LogP) is 2.72. The minimum atomic E-state index is -0.286. The summed E-state index contributed by atoms with van der Waals surface area (Å²) >= 11 is 3.20. The Kier molecular flexibility index (Phi) is 1.92. The number of benzene rings is 1. The van der Waals surface area contributed by atoms with Gasteiger partial charge in [-0.25, -0.2) is 9.37 Å². The average molecular weight is 241 g/mol. The van der Waals surface area contributed by atoms with Gasteiger partial charge in [-0.1, -0.05) is 6.07 Å². The lowest BCUT2D eigenvalue weighted by Gasteiger charge is -2.01. The summed E-state index contributed by atoms with van der Waals surface area (Å²) in [5, 5.41) is 0.476. The van der Waals surface area contributed by atoms with Crippen LogP contribution in [0, 0.1) is 5.82 Å². The van der Waals surface area contributed by atoms with Gasteiger partial charge >= 0.3 is 0 Å². The molecule has 0 aliphatic rings. The third kappa shape index (κ3) is 1.37. The van der Waals surface area contributed by atoms with E-state index in [-0.39, 0.29) is 5.82 Å². The van der Waals surface area contributed by atoms with Gasteiger partial charge in [0.15, 0.2) is 0 Å². The van der Waals surface area contributed by atoms with Gasteiger partial charge in [0.1, 0.15) is 11.6 Å². The molecule has 1 heterocycles. The standard InChI is InChI=1S/C9H6BrFN2/c10-6-4-5-7(11)2-1-3-8(5)13-9(6)12/h1-4H,(H2,12,13). The molecule has 2 aromatic rings. The summed E-state index contributed by atoms with van der Waals surface area (Å²) in [6.45, 7) is 0. The third-order valence-corrected chi connectivity index (χ3v) is 2.42. The molecule has 0 atom stereocenters. The molecule has 0 spiro atoms. The Morgan fingerprint density at radius 2 is 2.15 bits per heavy atom. The quantitative estimate of drug-likeness (QED) is 0.770. The van der Waals surface area contributed by atoms with Crippen LogP contribution in [0.4, 0.5) is 10.2 Å². The third-order valence-electron chi connectivity index (χ3n) is 1.79. The Hall–Kier alpha value is -1.16. The number of hydrogen-bond donors (Lipinski definition) is 1. The van der Waals surface area contributed by atoms with Crippen molar-refractivity contribution in [2.45, 2.75) is 0 Å². The maximum absolute atomic E-state index is 13.2. The molecular formula is C9H6BrFN2. The normalized spacial score (nSPS) is 10.6. The summed E-state index contributed by atoms with van der Waals surface area (Å²) in [5.41, 5.74) is 6.13. The van der Waals surface area contributed by atoms with Crippen molar-refractivity contribution < 1.29 is 4.39 Å². The molecule has 1 aromatic heterocycles. The largest absolute Gasteiger partial charge is 0.383 e. The van der Waals surface area contributed by atoms with Crippen LogP contribution < -0.4 is 5.73 Å². The number of nitrogen functional groups attached to an aromatic ring is 1. The Labute approximate surface area is 82.7 Å². The molecule has 2 nitrogen and oxygen atoms in total. The summed E-state index contributed by atoms with van der Waals surface area (Å²) in [4.78, 5) is 4.03. The molecule has 0 bridgehead atoms. The Balaban J connectivity index is 2.89. The van der Waals surface area contributed by atoms with E-state index in [1.165, 1.54) is 6.07 Å². The number of rotatable bonds is 0. The molecule has 0 unspecified atom stereocenters. The fraction of sp³-hybridized carbons (Fsp3) is 0. The molecule has 0 radical (unpaired) electrons. The number of pyridine rings is 1. The predicted molar refractivity (Wildman–Crippen MR) is 53.8 cm³/mol. The highest BCUT2D eigenvalue weighted by Crippen LogP contribution is 2.24. The number of nitrogens with two attached hydrogens (primary N) is 1. The summed E-state index contributed by atoms with van der Waals surface area (Å²) < 4.78 is 13.8. The molecule has 0 aliphatic carbocycles. The fourth-order valence-corrected chi connectivity index (χ4v) is 1.47. The van der Waals surface area contributed by atoms with Gasteiger partial charge in [-0.3, -0.25) is 0 Å². The van der Waals surface area contributed by atoms with E-state index in [1.54, 1.807) is 18.2 Å². The molecule has 66 valence electrons. The van der Waals surface area contributed by atoms with Gasteiger partial charge in [0, 0.05) is 5.39 Å². The average Bonchev–Trinajstić information content (AvgIpc) is 2.09. The Morgan fingerprint density at radius 3 is 2.92 bits per heavy atom. The van der Waals surface area contributed by atoms with Gasteiger partial charge in [-0.2, -0.15) is 0 Å². The van der Waals surface area contributed by atoms with Crippen molar-refractivity contribution in [3.8, 4) is 0 Å². The van der Waals surface area contributed by atoms with Crippen LogP contribution in [-0.2, 0) is 0 Å². The second-order valence-electron chi connectivity index (χ2n) is 2.66. The highest BCUT2D eigenvalue weighted by Gasteiger charge is 2.04. The molecule has 4 heteroatoms. The first-order chi connectivity index (χ1) is 6.18. The Morgan fingerprint density at radius 1 is 1.38 bits per heavy atom. The van der Waals surface area contributed by atoms with Crippen LogP contribution in [0.5, 0.6) is 0 Å². The van der Waals surface area contributed by atoms with Crippen LogP contribution in [0.2, 0.25) is 0 Å². The first-order valence-corrected chi connectivity index (χ1v) is 4.48. The molecule has 0 saturated carbocycles. The molecule has 1 aromatic carbocycles. The van der Waals surface area contributed by atoms with Gasteiger partial charge in [0.25, 0.3) is 0 Å². The summed E-state index contributed by atoms with van der Waals surface area (Å²) in [6, 6.07) is 6.36. The molecule has 0 fully saturated rings. The van der Waals surface area contributed by atoms with E-state index in [1.807, 2.05) is 0 Å². The van der Waals surface area contributed by atoms with E-state index in [4.69, 9.17) is 5.73 Å². The molecular weight excluding hydrogens is 235 g/mol.